The molecule has 0 radical (unpaired) electrons. The van der Waals surface area contributed by atoms with E-state index in [1.54, 1.807) is 31.2 Å². The summed E-state index contributed by atoms with van der Waals surface area (Å²) in [4.78, 5) is 12.8. The van der Waals surface area contributed by atoms with Gasteiger partial charge in [-0.25, -0.2) is 4.79 Å². The summed E-state index contributed by atoms with van der Waals surface area (Å²) in [5, 5.41) is 10.7. The maximum atomic E-state index is 11.9. The van der Waals surface area contributed by atoms with E-state index in [1.165, 1.54) is 17.4 Å². The van der Waals surface area contributed by atoms with Crippen LogP contribution in [-0.2, 0) is 9.53 Å². The Morgan fingerprint density at radius 3 is 2.84 bits per heavy atom. The minimum atomic E-state index is -0.660. The van der Waals surface area contributed by atoms with Gasteiger partial charge < -0.3 is 9.15 Å². The SMILES string of the molecule is CC(OC(=O)/C=C/c1ccc(Cl)c(Cl)c1)c1nnc(-c2cccs2)o1. The monoisotopic (exact) mass is 394 g/mol. The summed E-state index contributed by atoms with van der Waals surface area (Å²) in [5.74, 6) is 0.105. The quantitative estimate of drug-likeness (QED) is 0.426. The van der Waals surface area contributed by atoms with Crippen molar-refractivity contribution in [1.82, 2.24) is 10.2 Å². The third kappa shape index (κ3) is 4.48. The number of esters is 1. The van der Waals surface area contributed by atoms with Gasteiger partial charge in [0.25, 0.3) is 11.8 Å². The largest absolute Gasteiger partial charge is 0.449 e. The Labute approximate surface area is 157 Å². The van der Waals surface area contributed by atoms with E-state index in [-0.39, 0.29) is 5.89 Å². The van der Waals surface area contributed by atoms with Gasteiger partial charge in [-0.15, -0.1) is 21.5 Å². The second-order valence-corrected chi connectivity index (χ2v) is 6.77. The molecule has 0 bridgehead atoms. The van der Waals surface area contributed by atoms with Crippen molar-refractivity contribution in [3.8, 4) is 10.8 Å². The molecule has 128 valence electrons. The molecule has 0 spiro atoms. The van der Waals surface area contributed by atoms with Gasteiger partial charge in [0.15, 0.2) is 6.10 Å². The number of carbonyl (C=O) groups is 1. The van der Waals surface area contributed by atoms with E-state index < -0.39 is 12.1 Å². The van der Waals surface area contributed by atoms with Crippen molar-refractivity contribution in [3.63, 3.8) is 0 Å². The maximum Gasteiger partial charge on any atom is 0.331 e. The highest BCUT2D eigenvalue weighted by molar-refractivity contribution is 7.13. The van der Waals surface area contributed by atoms with Crippen LogP contribution in [0.4, 0.5) is 0 Å². The van der Waals surface area contributed by atoms with Crippen LogP contribution in [0, 0.1) is 0 Å². The Balaban J connectivity index is 1.62. The van der Waals surface area contributed by atoms with Crippen molar-refractivity contribution in [2.75, 3.05) is 0 Å². The molecule has 25 heavy (non-hydrogen) atoms. The lowest BCUT2D eigenvalue weighted by molar-refractivity contribution is -0.143. The molecule has 2 aromatic heterocycles. The van der Waals surface area contributed by atoms with Crippen molar-refractivity contribution in [1.29, 1.82) is 0 Å². The normalized spacial score (nSPS) is 12.4. The van der Waals surface area contributed by atoms with Gasteiger partial charge in [0.1, 0.15) is 0 Å². The molecule has 5 nitrogen and oxygen atoms in total. The third-order valence-corrected chi connectivity index (χ3v) is 4.77. The van der Waals surface area contributed by atoms with Gasteiger partial charge in [-0.2, -0.15) is 0 Å². The van der Waals surface area contributed by atoms with Crippen LogP contribution in [0.1, 0.15) is 24.5 Å². The van der Waals surface area contributed by atoms with Crippen LogP contribution < -0.4 is 0 Å². The van der Waals surface area contributed by atoms with Gasteiger partial charge in [-0.05, 0) is 42.1 Å². The van der Waals surface area contributed by atoms with Crippen LogP contribution in [0.2, 0.25) is 10.0 Å². The van der Waals surface area contributed by atoms with Crippen LogP contribution in [0.15, 0.2) is 46.2 Å². The summed E-state index contributed by atoms with van der Waals surface area (Å²) in [6.45, 7) is 1.66. The smallest absolute Gasteiger partial charge is 0.331 e. The Kier molecular flexibility index (Phi) is 5.53. The van der Waals surface area contributed by atoms with Crippen molar-refractivity contribution >= 4 is 46.6 Å². The number of hydrogen-bond acceptors (Lipinski definition) is 6. The Morgan fingerprint density at radius 2 is 2.12 bits per heavy atom. The minimum absolute atomic E-state index is 0.236. The molecule has 0 aliphatic carbocycles. The van der Waals surface area contributed by atoms with Gasteiger partial charge in [0.05, 0.1) is 14.9 Å². The number of aromatic nitrogens is 2. The molecule has 0 N–H and O–H groups in total. The topological polar surface area (TPSA) is 65.2 Å². The van der Waals surface area contributed by atoms with E-state index in [1.807, 2.05) is 17.5 Å². The average Bonchev–Trinajstić information content (AvgIpc) is 3.27. The van der Waals surface area contributed by atoms with Crippen molar-refractivity contribution < 1.29 is 13.9 Å². The maximum absolute atomic E-state index is 11.9. The predicted molar refractivity (Wildman–Crippen MR) is 97.6 cm³/mol. The zero-order chi connectivity index (χ0) is 17.8. The zero-order valence-electron chi connectivity index (χ0n) is 13.0. The fourth-order valence-electron chi connectivity index (χ4n) is 1.94. The second-order valence-electron chi connectivity index (χ2n) is 5.01. The highest BCUT2D eigenvalue weighted by atomic mass is 35.5. The molecule has 8 heteroatoms. The van der Waals surface area contributed by atoms with Gasteiger partial charge in [0.2, 0.25) is 0 Å². The fourth-order valence-corrected chi connectivity index (χ4v) is 2.89. The highest BCUT2D eigenvalue weighted by Gasteiger charge is 2.18. The first-order chi connectivity index (χ1) is 12.0. The molecular weight excluding hydrogens is 383 g/mol. The van der Waals surface area contributed by atoms with Crippen LogP contribution in [0.5, 0.6) is 0 Å². The lowest BCUT2D eigenvalue weighted by atomic mass is 10.2. The molecule has 1 atom stereocenters. The molecule has 0 saturated carbocycles. The minimum Gasteiger partial charge on any atom is -0.449 e. The van der Waals surface area contributed by atoms with Crippen LogP contribution in [-0.4, -0.2) is 16.2 Å². The lowest BCUT2D eigenvalue weighted by Crippen LogP contribution is -2.06. The third-order valence-electron chi connectivity index (χ3n) is 3.17. The number of nitrogens with zero attached hydrogens (tertiary/aromatic N) is 2. The van der Waals surface area contributed by atoms with E-state index in [9.17, 15) is 4.79 Å². The number of halogens is 2. The molecule has 0 aliphatic rings. The van der Waals surface area contributed by atoms with E-state index in [0.29, 0.717) is 15.9 Å². The summed E-state index contributed by atoms with van der Waals surface area (Å²) in [5.41, 5.74) is 0.733. The summed E-state index contributed by atoms with van der Waals surface area (Å²) in [7, 11) is 0. The molecule has 3 aromatic rings. The van der Waals surface area contributed by atoms with Gasteiger partial charge in [-0.3, -0.25) is 0 Å². The molecule has 0 fully saturated rings. The first-order valence-electron chi connectivity index (χ1n) is 7.24. The van der Waals surface area contributed by atoms with Crippen molar-refractivity contribution in [2.45, 2.75) is 13.0 Å². The number of carbonyl (C=O) groups excluding carboxylic acids is 1. The molecule has 0 saturated heterocycles. The van der Waals surface area contributed by atoms with Crippen molar-refractivity contribution in [3.05, 3.63) is 63.3 Å². The molecule has 2 heterocycles. The Hall–Kier alpha value is -2.15. The predicted octanol–water partition coefficient (Wildman–Crippen LogP) is 5.42. The highest BCUT2D eigenvalue weighted by Crippen LogP contribution is 2.26. The van der Waals surface area contributed by atoms with Crippen LogP contribution >= 0.6 is 34.5 Å². The first kappa shape index (κ1) is 17.7. The summed E-state index contributed by atoms with van der Waals surface area (Å²) >= 11 is 13.3. The number of benzene rings is 1. The van der Waals surface area contributed by atoms with Crippen LogP contribution in [0.3, 0.4) is 0 Å². The van der Waals surface area contributed by atoms with Crippen molar-refractivity contribution in [2.24, 2.45) is 0 Å². The molecule has 0 amide bonds. The lowest BCUT2D eigenvalue weighted by Gasteiger charge is -2.06. The number of ether oxygens (including phenoxy) is 1. The summed E-state index contributed by atoms with van der Waals surface area (Å²) < 4.78 is 10.8. The summed E-state index contributed by atoms with van der Waals surface area (Å²) in [6, 6.07) is 8.82. The standard InChI is InChI=1S/C17H12Cl2N2O3S/c1-10(16-20-21-17(24-16)14-3-2-8-25-14)23-15(22)7-5-11-4-6-12(18)13(19)9-11/h2-10H,1H3/b7-5+. The van der Waals surface area contributed by atoms with Crippen LogP contribution in [0.25, 0.3) is 16.8 Å². The van der Waals surface area contributed by atoms with E-state index in [2.05, 4.69) is 10.2 Å². The number of thiophene rings is 1. The number of rotatable bonds is 5. The molecular formula is C17H12Cl2N2O3S. The Morgan fingerprint density at radius 1 is 1.28 bits per heavy atom. The summed E-state index contributed by atoms with van der Waals surface area (Å²) in [6.07, 6.45) is 2.22. The molecule has 0 aliphatic heterocycles. The molecule has 3 rings (SSSR count). The molecule has 1 unspecified atom stereocenters. The van der Waals surface area contributed by atoms with E-state index >= 15 is 0 Å². The first-order valence-corrected chi connectivity index (χ1v) is 8.87. The fraction of sp³-hybridized carbons (Fsp3) is 0.118. The van der Waals surface area contributed by atoms with Gasteiger partial charge in [-0.1, -0.05) is 35.3 Å². The average molecular weight is 395 g/mol. The molecule has 1 aromatic carbocycles. The zero-order valence-corrected chi connectivity index (χ0v) is 15.3. The second kappa shape index (κ2) is 7.82. The number of hydrogen-bond donors (Lipinski definition) is 0. The van der Waals surface area contributed by atoms with E-state index in [0.717, 1.165) is 10.4 Å². The van der Waals surface area contributed by atoms with Gasteiger partial charge in [0, 0.05) is 6.08 Å². The Bertz CT molecular complexity index is 907. The van der Waals surface area contributed by atoms with Gasteiger partial charge >= 0.3 is 5.97 Å². The van der Waals surface area contributed by atoms with E-state index in [4.69, 9.17) is 32.4 Å².